The summed E-state index contributed by atoms with van der Waals surface area (Å²) in [7, 11) is -9.90. The summed E-state index contributed by atoms with van der Waals surface area (Å²) in [6.45, 7) is 0. The van der Waals surface area contributed by atoms with Gasteiger partial charge in [0.15, 0.2) is 15.0 Å². The van der Waals surface area contributed by atoms with Gasteiger partial charge >= 0.3 is 59.1 Å². The van der Waals surface area contributed by atoms with Crippen molar-refractivity contribution >= 4 is 38.2 Å². The van der Waals surface area contributed by atoms with Gasteiger partial charge in [-0.05, 0) is 0 Å². The molecule has 2 unspecified atom stereocenters. The van der Waals surface area contributed by atoms with Gasteiger partial charge in [0.25, 0.3) is 0 Å². The quantitative estimate of drug-likeness (QED) is 0.293. The molecule has 14 heteroatoms. The molecule has 0 spiro atoms. The molecule has 0 aromatic carbocycles. The maximum atomic E-state index is 12.1. The van der Waals surface area contributed by atoms with Gasteiger partial charge in [-0.25, -0.2) is 9.97 Å². The second kappa shape index (κ2) is 7.97. The molecule has 0 aliphatic carbocycles. The fraction of sp³-hybridized carbons (Fsp3) is 0.143. The van der Waals surface area contributed by atoms with E-state index in [2.05, 4.69) is 9.97 Å². The van der Waals surface area contributed by atoms with Gasteiger partial charge in [0.1, 0.15) is 0 Å². The Kier molecular flexibility index (Phi) is 8.49. The molecular formula is C7H6Cl2N4Na2O4P2. The molecule has 8 nitrogen and oxygen atoms in total. The number of rotatable bonds is 4. The minimum atomic E-state index is -4.95. The third kappa shape index (κ3) is 3.90. The average Bonchev–Trinajstić information content (AvgIpc) is 3.02. The Labute approximate surface area is 174 Å². The van der Waals surface area contributed by atoms with Crippen LogP contribution >= 0.6 is 38.2 Å². The molecule has 0 saturated heterocycles. The van der Waals surface area contributed by atoms with Crippen LogP contribution in [0.2, 0.25) is 0 Å². The SMILES string of the molecule is O=P([O-])(n1ccnc1)C(Cl)(Cl)P(=O)([O-])n1ccnc1.[Na+].[Na+]. The molecule has 104 valence electrons. The summed E-state index contributed by atoms with van der Waals surface area (Å²) in [5.41, 5.74) is 0. The van der Waals surface area contributed by atoms with Crippen LogP contribution in [0.4, 0.5) is 0 Å². The van der Waals surface area contributed by atoms with E-state index in [1.807, 2.05) is 0 Å². The predicted molar refractivity (Wildman–Crippen MR) is 64.9 cm³/mol. The number of hydrogen-bond donors (Lipinski definition) is 0. The van der Waals surface area contributed by atoms with Crippen LogP contribution in [-0.4, -0.2) is 22.5 Å². The largest absolute Gasteiger partial charge is 1.00 e. The van der Waals surface area contributed by atoms with Gasteiger partial charge in [0.2, 0.25) is 3.82 Å². The van der Waals surface area contributed by atoms with Crippen molar-refractivity contribution in [3.05, 3.63) is 37.4 Å². The summed E-state index contributed by atoms with van der Waals surface area (Å²) >= 11 is 11.2. The third-order valence-corrected chi connectivity index (χ3v) is 9.40. The second-order valence-corrected chi connectivity index (χ2v) is 10.5. The molecule has 0 radical (unpaired) electrons. The first-order valence-electron chi connectivity index (χ1n) is 4.69. The first-order chi connectivity index (χ1) is 8.71. The molecule has 2 rings (SSSR count). The van der Waals surface area contributed by atoms with Crippen molar-refractivity contribution in [3.8, 4) is 0 Å². The smallest absolute Gasteiger partial charge is 0.781 e. The van der Waals surface area contributed by atoms with Crippen LogP contribution in [0.5, 0.6) is 0 Å². The van der Waals surface area contributed by atoms with E-state index in [4.69, 9.17) is 23.2 Å². The minimum absolute atomic E-state index is 0. The summed E-state index contributed by atoms with van der Waals surface area (Å²) in [5, 5.41) is 0. The van der Waals surface area contributed by atoms with Gasteiger partial charge in [-0.1, -0.05) is 23.2 Å². The zero-order valence-electron chi connectivity index (χ0n) is 11.0. The number of imidazole rings is 2. The maximum Gasteiger partial charge on any atom is 1.00 e. The van der Waals surface area contributed by atoms with E-state index in [1.165, 1.54) is 0 Å². The number of nitrogens with zero attached hydrogens (tertiary/aromatic N) is 4. The van der Waals surface area contributed by atoms with Crippen LogP contribution in [0.15, 0.2) is 37.4 Å². The van der Waals surface area contributed by atoms with Gasteiger partial charge in [-0.3, -0.25) is 8.68 Å². The first kappa shape index (κ1) is 22.4. The van der Waals surface area contributed by atoms with Crippen molar-refractivity contribution in [1.82, 2.24) is 18.6 Å². The Balaban J connectivity index is 0.00000200. The summed E-state index contributed by atoms with van der Waals surface area (Å²) in [6, 6.07) is 0. The Hall–Kier alpha value is 1.38. The molecule has 0 saturated carbocycles. The number of hydrogen-bond acceptors (Lipinski definition) is 6. The molecule has 2 heterocycles. The van der Waals surface area contributed by atoms with Crippen LogP contribution in [0, 0.1) is 0 Å². The molecule has 0 N–H and O–H groups in total. The van der Waals surface area contributed by atoms with Crippen LogP contribution in [-0.2, 0) is 9.13 Å². The van der Waals surface area contributed by atoms with E-state index in [0.29, 0.717) is 8.68 Å². The van der Waals surface area contributed by atoms with Crippen molar-refractivity contribution in [2.45, 2.75) is 3.82 Å². The standard InChI is InChI=1S/C7H8Cl2N4O4P2.2Na/c8-7(9,18(14,15)12-3-1-10-5-12)19(16,17)13-4-2-11-6-13;;/h1-6H,(H,14,15)(H,16,17);;/q;2*+1/p-2. The first-order valence-corrected chi connectivity index (χ1v) is 8.60. The molecule has 0 fully saturated rings. The van der Waals surface area contributed by atoms with Crippen molar-refractivity contribution in [2.75, 3.05) is 0 Å². The zero-order valence-corrected chi connectivity index (χ0v) is 18.3. The Morgan fingerprint density at radius 2 is 1.24 bits per heavy atom. The van der Waals surface area contributed by atoms with Crippen molar-refractivity contribution in [3.63, 3.8) is 0 Å². The van der Waals surface area contributed by atoms with E-state index in [1.54, 1.807) is 0 Å². The van der Waals surface area contributed by atoms with E-state index < -0.39 is 18.9 Å². The maximum absolute atomic E-state index is 12.1. The molecule has 0 amide bonds. The predicted octanol–water partition coefficient (Wildman–Crippen LogP) is -5.32. The summed E-state index contributed by atoms with van der Waals surface area (Å²) in [5.74, 6) is 0. The van der Waals surface area contributed by atoms with Crippen LogP contribution in [0.25, 0.3) is 0 Å². The summed E-state index contributed by atoms with van der Waals surface area (Å²) < 4.78 is 22.3. The van der Waals surface area contributed by atoms with Gasteiger partial charge in [-0.15, -0.1) is 0 Å². The van der Waals surface area contributed by atoms with Gasteiger partial charge in [0, 0.05) is 24.8 Å². The normalized spacial score (nSPS) is 17.0. The topological polar surface area (TPSA) is 116 Å². The van der Waals surface area contributed by atoms with E-state index in [9.17, 15) is 18.9 Å². The molecule has 0 aliphatic rings. The fourth-order valence-electron chi connectivity index (χ4n) is 1.25. The van der Waals surface area contributed by atoms with Gasteiger partial charge in [0.05, 0.1) is 12.7 Å². The molecule has 2 aromatic rings. The van der Waals surface area contributed by atoms with E-state index >= 15 is 0 Å². The average molecular weight is 389 g/mol. The number of alkyl halides is 2. The molecule has 0 aliphatic heterocycles. The van der Waals surface area contributed by atoms with Crippen molar-refractivity contribution in [1.29, 1.82) is 0 Å². The van der Waals surface area contributed by atoms with Gasteiger partial charge in [-0.2, -0.15) is 0 Å². The summed E-state index contributed by atoms with van der Waals surface area (Å²) in [4.78, 5) is 31.3. The molecule has 2 atom stereocenters. The molecule has 0 bridgehead atoms. The Morgan fingerprint density at radius 1 is 0.905 bits per heavy atom. The Morgan fingerprint density at radius 3 is 1.48 bits per heavy atom. The van der Waals surface area contributed by atoms with Crippen LogP contribution < -0.4 is 68.9 Å². The minimum Gasteiger partial charge on any atom is -0.781 e. The second-order valence-electron chi connectivity index (χ2n) is 3.44. The monoisotopic (exact) mass is 388 g/mol. The summed E-state index contributed by atoms with van der Waals surface area (Å²) in [6.07, 6.45) is 6.15. The van der Waals surface area contributed by atoms with E-state index in [0.717, 1.165) is 37.4 Å². The van der Waals surface area contributed by atoms with Crippen molar-refractivity contribution < 1.29 is 78.0 Å². The fourth-order valence-corrected chi connectivity index (χ4v) is 5.62. The van der Waals surface area contributed by atoms with Crippen molar-refractivity contribution in [2.24, 2.45) is 0 Å². The number of aromatic nitrogens is 4. The Bertz CT molecular complexity index is 610. The van der Waals surface area contributed by atoms with Crippen LogP contribution in [0.3, 0.4) is 0 Å². The third-order valence-electron chi connectivity index (χ3n) is 2.27. The zero-order chi connectivity index (χ0) is 14.3. The number of halogens is 2. The van der Waals surface area contributed by atoms with E-state index in [-0.39, 0.29) is 59.1 Å². The molecule has 2 aromatic heterocycles. The van der Waals surface area contributed by atoms with Gasteiger partial charge < -0.3 is 18.9 Å². The molecular weight excluding hydrogens is 383 g/mol. The molecule has 21 heavy (non-hydrogen) atoms. The van der Waals surface area contributed by atoms with Crippen LogP contribution in [0.1, 0.15) is 0 Å².